The zero-order valence-corrected chi connectivity index (χ0v) is 18.6. The molecule has 31 heavy (non-hydrogen) atoms. The van der Waals surface area contributed by atoms with Crippen LogP contribution in [0.15, 0.2) is 42.5 Å². The van der Waals surface area contributed by atoms with Gasteiger partial charge in [0.2, 0.25) is 5.91 Å². The second-order valence-electron chi connectivity index (χ2n) is 8.50. The molecule has 2 heterocycles. The van der Waals surface area contributed by atoms with E-state index < -0.39 is 0 Å². The van der Waals surface area contributed by atoms with Crippen molar-refractivity contribution < 1.29 is 14.3 Å². The van der Waals surface area contributed by atoms with E-state index in [9.17, 15) is 4.79 Å². The van der Waals surface area contributed by atoms with Gasteiger partial charge in [-0.15, -0.1) is 0 Å². The molecule has 166 valence electrons. The highest BCUT2D eigenvalue weighted by molar-refractivity contribution is 5.79. The number of amides is 1. The van der Waals surface area contributed by atoms with Crippen LogP contribution in [0.2, 0.25) is 0 Å². The van der Waals surface area contributed by atoms with Gasteiger partial charge in [-0.05, 0) is 67.8 Å². The summed E-state index contributed by atoms with van der Waals surface area (Å²) in [5, 5.41) is 3.10. The maximum absolute atomic E-state index is 12.6. The van der Waals surface area contributed by atoms with E-state index in [1.807, 2.05) is 18.2 Å². The molecule has 2 aromatic rings. The number of carbonyl (C=O) groups is 1. The summed E-state index contributed by atoms with van der Waals surface area (Å²) in [6, 6.07) is 14.5. The quantitative estimate of drug-likeness (QED) is 0.694. The van der Waals surface area contributed by atoms with Crippen LogP contribution in [0.25, 0.3) is 0 Å². The first kappa shape index (κ1) is 21.5. The molecule has 2 aliphatic rings. The van der Waals surface area contributed by atoms with E-state index in [4.69, 9.17) is 9.47 Å². The molecule has 0 radical (unpaired) electrons. The lowest BCUT2D eigenvalue weighted by Crippen LogP contribution is -2.47. The van der Waals surface area contributed by atoms with Crippen LogP contribution < -0.4 is 19.7 Å². The average molecular weight is 424 g/mol. The van der Waals surface area contributed by atoms with E-state index in [-0.39, 0.29) is 11.8 Å². The number of aryl methyl sites for hydroxylation is 1. The molecule has 0 saturated carbocycles. The summed E-state index contributed by atoms with van der Waals surface area (Å²) in [5.74, 6) is 1.59. The molecule has 0 aromatic heterocycles. The van der Waals surface area contributed by atoms with Crippen LogP contribution in [0.3, 0.4) is 0 Å². The fourth-order valence-electron chi connectivity index (χ4n) is 4.38. The van der Waals surface area contributed by atoms with Crippen molar-refractivity contribution in [2.24, 2.45) is 5.92 Å². The molecule has 1 amide bonds. The Morgan fingerprint density at radius 3 is 2.77 bits per heavy atom. The van der Waals surface area contributed by atoms with Gasteiger partial charge in [0.1, 0.15) is 18.1 Å². The molecule has 1 fully saturated rings. The third kappa shape index (κ3) is 5.50. The van der Waals surface area contributed by atoms with Crippen LogP contribution >= 0.6 is 0 Å². The van der Waals surface area contributed by atoms with Crippen LogP contribution in [0.1, 0.15) is 17.5 Å². The maximum atomic E-state index is 12.6. The number of ether oxygens (including phenoxy) is 2. The molecule has 6 heteroatoms. The summed E-state index contributed by atoms with van der Waals surface area (Å²) in [5.41, 5.74) is 3.67. The first-order valence-electron chi connectivity index (χ1n) is 11.2. The zero-order chi connectivity index (χ0) is 21.6. The summed E-state index contributed by atoms with van der Waals surface area (Å²) >= 11 is 0. The standard InChI is InChI=1S/C25H33N3O3/c1-19-5-3-6-22(15-19)28-13-11-27(12-14-28)10-4-9-26-25(29)21-16-20-17-23(30-2)7-8-24(20)31-18-21/h3,5-8,15,17,21H,4,9-14,16,18H2,1-2H3,(H,26,29). The number of nitrogens with zero attached hydrogens (tertiary/aromatic N) is 2. The summed E-state index contributed by atoms with van der Waals surface area (Å²) in [6.45, 7) is 8.54. The number of fused-ring (bicyclic) bond motifs is 1. The van der Waals surface area contributed by atoms with Crippen LogP contribution in [-0.2, 0) is 11.2 Å². The lowest BCUT2D eigenvalue weighted by molar-refractivity contribution is -0.126. The first-order valence-corrected chi connectivity index (χ1v) is 11.2. The summed E-state index contributed by atoms with van der Waals surface area (Å²) < 4.78 is 11.1. The molecular weight excluding hydrogens is 390 g/mol. The average Bonchev–Trinajstić information content (AvgIpc) is 2.81. The van der Waals surface area contributed by atoms with Gasteiger partial charge in [-0.2, -0.15) is 0 Å². The van der Waals surface area contributed by atoms with Crippen molar-refractivity contribution in [1.82, 2.24) is 10.2 Å². The molecule has 1 N–H and O–H groups in total. The van der Waals surface area contributed by atoms with Crippen molar-refractivity contribution >= 4 is 11.6 Å². The minimum Gasteiger partial charge on any atom is -0.497 e. The zero-order valence-electron chi connectivity index (χ0n) is 18.6. The fourth-order valence-corrected chi connectivity index (χ4v) is 4.38. The molecule has 6 nitrogen and oxygen atoms in total. The Morgan fingerprint density at radius 2 is 2.00 bits per heavy atom. The van der Waals surface area contributed by atoms with E-state index in [1.54, 1.807) is 7.11 Å². The number of nitrogens with one attached hydrogen (secondary N) is 1. The minimum absolute atomic E-state index is 0.0812. The second-order valence-corrected chi connectivity index (χ2v) is 8.50. The van der Waals surface area contributed by atoms with Crippen LogP contribution in [0, 0.1) is 12.8 Å². The number of rotatable bonds is 7. The second kappa shape index (κ2) is 10.1. The van der Waals surface area contributed by atoms with E-state index >= 15 is 0 Å². The number of hydrogen-bond donors (Lipinski definition) is 1. The van der Waals surface area contributed by atoms with Gasteiger partial charge in [-0.3, -0.25) is 9.69 Å². The third-order valence-corrected chi connectivity index (χ3v) is 6.23. The number of methoxy groups -OCH3 is 1. The van der Waals surface area contributed by atoms with Gasteiger partial charge in [0.15, 0.2) is 0 Å². The Balaban J connectivity index is 1.16. The topological polar surface area (TPSA) is 54.0 Å². The van der Waals surface area contributed by atoms with Gasteiger partial charge in [0.25, 0.3) is 0 Å². The van der Waals surface area contributed by atoms with Crippen LogP contribution in [-0.4, -0.2) is 63.8 Å². The van der Waals surface area contributed by atoms with Gasteiger partial charge >= 0.3 is 0 Å². The van der Waals surface area contributed by atoms with Gasteiger partial charge in [-0.25, -0.2) is 0 Å². The highest BCUT2D eigenvalue weighted by atomic mass is 16.5. The van der Waals surface area contributed by atoms with Gasteiger partial charge < -0.3 is 19.7 Å². The number of carbonyl (C=O) groups excluding carboxylic acids is 1. The monoisotopic (exact) mass is 423 g/mol. The van der Waals surface area contributed by atoms with Crippen LogP contribution in [0.4, 0.5) is 5.69 Å². The first-order chi connectivity index (χ1) is 15.1. The number of piperazine rings is 1. The van der Waals surface area contributed by atoms with Crippen molar-refractivity contribution in [3.8, 4) is 11.5 Å². The lowest BCUT2D eigenvalue weighted by Gasteiger charge is -2.36. The van der Waals surface area contributed by atoms with Crippen molar-refractivity contribution in [3.05, 3.63) is 53.6 Å². The highest BCUT2D eigenvalue weighted by Gasteiger charge is 2.26. The van der Waals surface area contributed by atoms with Crippen molar-refractivity contribution in [1.29, 1.82) is 0 Å². The molecule has 1 atom stereocenters. The normalized spacial score (nSPS) is 18.8. The largest absolute Gasteiger partial charge is 0.497 e. The Hall–Kier alpha value is -2.73. The summed E-state index contributed by atoms with van der Waals surface area (Å²) in [4.78, 5) is 17.5. The molecule has 0 bridgehead atoms. The summed E-state index contributed by atoms with van der Waals surface area (Å²) in [7, 11) is 1.65. The molecule has 1 unspecified atom stereocenters. The Labute approximate surface area is 185 Å². The number of hydrogen-bond acceptors (Lipinski definition) is 5. The van der Waals surface area contributed by atoms with E-state index in [1.165, 1.54) is 11.3 Å². The molecule has 2 aromatic carbocycles. The van der Waals surface area contributed by atoms with E-state index in [2.05, 4.69) is 46.3 Å². The van der Waals surface area contributed by atoms with Gasteiger partial charge in [0.05, 0.1) is 13.0 Å². The van der Waals surface area contributed by atoms with Gasteiger partial charge in [-0.1, -0.05) is 12.1 Å². The SMILES string of the molecule is COc1ccc2c(c1)CC(C(=O)NCCCN1CCN(c3cccc(C)c3)CC1)CO2. The molecule has 0 aliphatic carbocycles. The fraction of sp³-hybridized carbons (Fsp3) is 0.480. The molecular formula is C25H33N3O3. The molecule has 4 rings (SSSR count). The number of benzene rings is 2. The number of anilines is 1. The van der Waals surface area contributed by atoms with Crippen molar-refractivity contribution in [3.63, 3.8) is 0 Å². The predicted molar refractivity (Wildman–Crippen MR) is 123 cm³/mol. The lowest BCUT2D eigenvalue weighted by atomic mass is 9.96. The maximum Gasteiger partial charge on any atom is 0.226 e. The Bertz CT molecular complexity index is 893. The smallest absolute Gasteiger partial charge is 0.226 e. The predicted octanol–water partition coefficient (Wildman–Crippen LogP) is 2.88. The van der Waals surface area contributed by atoms with Gasteiger partial charge in [0, 0.05) is 38.4 Å². The van der Waals surface area contributed by atoms with E-state index in [0.717, 1.165) is 56.2 Å². The molecule has 1 saturated heterocycles. The summed E-state index contributed by atoms with van der Waals surface area (Å²) in [6.07, 6.45) is 1.66. The molecule has 0 spiro atoms. The third-order valence-electron chi connectivity index (χ3n) is 6.23. The Kier molecular flexibility index (Phi) is 6.97. The minimum atomic E-state index is -0.141. The highest BCUT2D eigenvalue weighted by Crippen LogP contribution is 2.30. The van der Waals surface area contributed by atoms with Crippen molar-refractivity contribution in [2.45, 2.75) is 19.8 Å². The Morgan fingerprint density at radius 1 is 1.16 bits per heavy atom. The van der Waals surface area contributed by atoms with E-state index in [0.29, 0.717) is 19.6 Å². The molecule has 2 aliphatic heterocycles. The van der Waals surface area contributed by atoms with Crippen molar-refractivity contribution in [2.75, 3.05) is 57.9 Å². The van der Waals surface area contributed by atoms with Crippen LogP contribution in [0.5, 0.6) is 11.5 Å².